The van der Waals surface area contributed by atoms with E-state index in [1.807, 2.05) is 53.4 Å². The van der Waals surface area contributed by atoms with Crippen molar-refractivity contribution in [3.63, 3.8) is 0 Å². The normalized spacial score (nSPS) is 20.4. The van der Waals surface area contributed by atoms with Gasteiger partial charge in [0.15, 0.2) is 0 Å². The highest BCUT2D eigenvalue weighted by atomic mass is 16.2. The first-order valence-electron chi connectivity index (χ1n) is 8.39. The van der Waals surface area contributed by atoms with Crippen molar-refractivity contribution in [2.45, 2.75) is 38.3 Å². The number of hydrogen-bond acceptors (Lipinski definition) is 2. The van der Waals surface area contributed by atoms with Gasteiger partial charge in [-0.3, -0.25) is 4.79 Å². The molecule has 3 nitrogen and oxygen atoms in total. The number of benzene rings is 2. The van der Waals surface area contributed by atoms with Gasteiger partial charge in [-0.1, -0.05) is 55.0 Å². The quantitative estimate of drug-likeness (QED) is 0.914. The molecule has 1 aliphatic rings. The van der Waals surface area contributed by atoms with Crippen LogP contribution in [0.2, 0.25) is 0 Å². The Kier molecular flexibility index (Phi) is 5.09. The fourth-order valence-corrected chi connectivity index (χ4v) is 3.35. The van der Waals surface area contributed by atoms with Crippen molar-refractivity contribution in [2.75, 3.05) is 4.90 Å². The Labute approximate surface area is 138 Å². The maximum atomic E-state index is 12.9. The van der Waals surface area contributed by atoms with Crippen LogP contribution in [0.3, 0.4) is 0 Å². The van der Waals surface area contributed by atoms with Gasteiger partial charge in [-0.2, -0.15) is 0 Å². The summed E-state index contributed by atoms with van der Waals surface area (Å²) in [5.74, 6) is 0.492. The van der Waals surface area contributed by atoms with E-state index >= 15 is 0 Å². The van der Waals surface area contributed by atoms with Crippen LogP contribution in [0, 0.1) is 5.92 Å². The first kappa shape index (κ1) is 15.8. The highest BCUT2D eigenvalue weighted by Gasteiger charge is 2.28. The van der Waals surface area contributed by atoms with Gasteiger partial charge in [-0.25, -0.2) is 0 Å². The van der Waals surface area contributed by atoms with Gasteiger partial charge in [0, 0.05) is 18.2 Å². The predicted octanol–water partition coefficient (Wildman–Crippen LogP) is 3.74. The maximum Gasteiger partial charge on any atom is 0.227 e. The number of nitrogens with zero attached hydrogens (tertiary/aromatic N) is 1. The lowest BCUT2D eigenvalue weighted by Gasteiger charge is -2.25. The van der Waals surface area contributed by atoms with E-state index in [4.69, 9.17) is 5.73 Å². The van der Waals surface area contributed by atoms with E-state index in [-0.39, 0.29) is 11.9 Å². The van der Waals surface area contributed by atoms with Gasteiger partial charge in [-0.05, 0) is 36.5 Å². The van der Waals surface area contributed by atoms with Crippen LogP contribution in [0.15, 0.2) is 60.7 Å². The molecule has 0 radical (unpaired) electrons. The van der Waals surface area contributed by atoms with Crippen LogP contribution in [-0.4, -0.2) is 11.9 Å². The SMILES string of the molecule is N[C@@H]1CCC[C@H]1CC(=O)N(Cc1ccccc1)c1ccccc1. The van der Waals surface area contributed by atoms with Crippen LogP contribution in [0.25, 0.3) is 0 Å². The Morgan fingerprint density at radius 3 is 2.26 bits per heavy atom. The molecule has 0 spiro atoms. The molecule has 3 rings (SSSR count). The lowest BCUT2D eigenvalue weighted by Crippen LogP contribution is -2.35. The molecule has 1 saturated carbocycles. The van der Waals surface area contributed by atoms with Gasteiger partial charge < -0.3 is 10.6 Å². The summed E-state index contributed by atoms with van der Waals surface area (Å²) >= 11 is 0. The van der Waals surface area contributed by atoms with E-state index < -0.39 is 0 Å². The zero-order valence-corrected chi connectivity index (χ0v) is 13.4. The average Bonchev–Trinajstić information content (AvgIpc) is 2.99. The van der Waals surface area contributed by atoms with Gasteiger partial charge in [0.1, 0.15) is 0 Å². The molecule has 0 saturated heterocycles. The number of para-hydroxylation sites is 1. The molecule has 1 amide bonds. The van der Waals surface area contributed by atoms with Crippen molar-refractivity contribution < 1.29 is 4.79 Å². The third-order valence-electron chi connectivity index (χ3n) is 4.71. The highest BCUT2D eigenvalue weighted by Crippen LogP contribution is 2.29. The van der Waals surface area contributed by atoms with E-state index in [1.165, 1.54) is 0 Å². The number of anilines is 1. The van der Waals surface area contributed by atoms with Crippen molar-refractivity contribution in [3.8, 4) is 0 Å². The Bertz CT molecular complexity index is 627. The Morgan fingerprint density at radius 2 is 1.65 bits per heavy atom. The molecule has 1 aliphatic carbocycles. The van der Waals surface area contributed by atoms with E-state index in [0.717, 1.165) is 30.5 Å². The van der Waals surface area contributed by atoms with Crippen LogP contribution in [0.4, 0.5) is 5.69 Å². The molecule has 0 heterocycles. The summed E-state index contributed by atoms with van der Waals surface area (Å²) < 4.78 is 0. The smallest absolute Gasteiger partial charge is 0.227 e. The maximum absolute atomic E-state index is 12.9. The molecule has 2 N–H and O–H groups in total. The summed E-state index contributed by atoms with van der Waals surface area (Å²) in [4.78, 5) is 14.8. The van der Waals surface area contributed by atoms with Crippen molar-refractivity contribution >= 4 is 11.6 Å². The number of carbonyl (C=O) groups is 1. The second-order valence-electron chi connectivity index (χ2n) is 6.36. The average molecular weight is 308 g/mol. The van der Waals surface area contributed by atoms with E-state index in [9.17, 15) is 4.79 Å². The molecule has 2 aromatic carbocycles. The van der Waals surface area contributed by atoms with Crippen LogP contribution < -0.4 is 10.6 Å². The van der Waals surface area contributed by atoms with Crippen LogP contribution in [0.5, 0.6) is 0 Å². The first-order chi connectivity index (χ1) is 11.2. The summed E-state index contributed by atoms with van der Waals surface area (Å²) in [6, 6.07) is 20.2. The molecule has 0 bridgehead atoms. The molecular weight excluding hydrogens is 284 g/mol. The zero-order valence-electron chi connectivity index (χ0n) is 13.4. The Hall–Kier alpha value is -2.13. The number of amides is 1. The fourth-order valence-electron chi connectivity index (χ4n) is 3.35. The molecule has 0 aromatic heterocycles. The summed E-state index contributed by atoms with van der Waals surface area (Å²) in [5.41, 5.74) is 8.24. The van der Waals surface area contributed by atoms with Crippen molar-refractivity contribution in [1.82, 2.24) is 0 Å². The van der Waals surface area contributed by atoms with Gasteiger partial charge in [-0.15, -0.1) is 0 Å². The summed E-state index contributed by atoms with van der Waals surface area (Å²) in [6.07, 6.45) is 3.80. The minimum atomic E-state index is 0.169. The topological polar surface area (TPSA) is 46.3 Å². The Morgan fingerprint density at radius 1 is 1.00 bits per heavy atom. The summed E-state index contributed by atoms with van der Waals surface area (Å²) in [6.45, 7) is 0.603. The predicted molar refractivity (Wildman–Crippen MR) is 94.0 cm³/mol. The molecule has 3 heteroatoms. The van der Waals surface area contributed by atoms with Crippen LogP contribution in [0.1, 0.15) is 31.2 Å². The molecule has 2 atom stereocenters. The van der Waals surface area contributed by atoms with E-state index in [0.29, 0.717) is 18.9 Å². The van der Waals surface area contributed by atoms with Crippen molar-refractivity contribution in [3.05, 3.63) is 66.2 Å². The fraction of sp³-hybridized carbons (Fsp3) is 0.350. The standard InChI is InChI=1S/C20H24N2O/c21-19-13-7-10-17(19)14-20(23)22(18-11-5-2-6-12-18)15-16-8-3-1-4-9-16/h1-6,8-9,11-12,17,19H,7,10,13-15,21H2/t17-,19+/m0/s1. The third-order valence-corrected chi connectivity index (χ3v) is 4.71. The molecule has 23 heavy (non-hydrogen) atoms. The number of carbonyl (C=O) groups excluding carboxylic acids is 1. The van der Waals surface area contributed by atoms with Crippen molar-refractivity contribution in [1.29, 1.82) is 0 Å². The largest absolute Gasteiger partial charge is 0.327 e. The summed E-state index contributed by atoms with van der Waals surface area (Å²) in [5, 5.41) is 0. The Balaban J connectivity index is 1.78. The molecule has 0 aliphatic heterocycles. The zero-order chi connectivity index (χ0) is 16.1. The minimum Gasteiger partial charge on any atom is -0.327 e. The van der Waals surface area contributed by atoms with E-state index in [2.05, 4.69) is 12.1 Å². The lowest BCUT2D eigenvalue weighted by molar-refractivity contribution is -0.119. The first-order valence-corrected chi connectivity index (χ1v) is 8.39. The number of rotatable bonds is 5. The van der Waals surface area contributed by atoms with Crippen LogP contribution >= 0.6 is 0 Å². The van der Waals surface area contributed by atoms with Gasteiger partial charge in [0.2, 0.25) is 5.91 Å². The number of nitrogens with two attached hydrogens (primary N) is 1. The third kappa shape index (κ3) is 3.99. The molecule has 120 valence electrons. The molecule has 0 unspecified atom stereocenters. The summed E-state index contributed by atoms with van der Waals surface area (Å²) in [7, 11) is 0. The van der Waals surface area contributed by atoms with Gasteiger partial charge >= 0.3 is 0 Å². The lowest BCUT2D eigenvalue weighted by atomic mass is 9.99. The molecule has 2 aromatic rings. The second-order valence-corrected chi connectivity index (χ2v) is 6.36. The van der Waals surface area contributed by atoms with Crippen molar-refractivity contribution in [2.24, 2.45) is 11.7 Å². The molecule has 1 fully saturated rings. The van der Waals surface area contributed by atoms with E-state index in [1.54, 1.807) is 0 Å². The monoisotopic (exact) mass is 308 g/mol. The van der Waals surface area contributed by atoms with Gasteiger partial charge in [0.05, 0.1) is 6.54 Å². The van der Waals surface area contributed by atoms with Gasteiger partial charge in [0.25, 0.3) is 0 Å². The minimum absolute atomic E-state index is 0.169. The second kappa shape index (κ2) is 7.42. The highest BCUT2D eigenvalue weighted by molar-refractivity contribution is 5.93. The van der Waals surface area contributed by atoms with Crippen LogP contribution in [-0.2, 0) is 11.3 Å². The molecular formula is C20H24N2O. The number of hydrogen-bond donors (Lipinski definition) is 1.